The van der Waals surface area contributed by atoms with E-state index in [9.17, 15) is 20.2 Å². The standard InChI is InChI=1S/C15H9ClN4O5/c16-10-6-7-11(12(8-10)19(21)22)17-15-13(20(23)24)14(25-18-15)9-4-2-1-3-5-9/h1-8H,(H,17,18). The Labute approximate surface area is 145 Å². The second kappa shape index (κ2) is 6.57. The third-order valence-corrected chi connectivity index (χ3v) is 3.53. The first-order valence-electron chi connectivity index (χ1n) is 6.88. The summed E-state index contributed by atoms with van der Waals surface area (Å²) in [5.74, 6) is -0.293. The number of hydrogen-bond acceptors (Lipinski definition) is 7. The van der Waals surface area contributed by atoms with E-state index in [1.807, 2.05) is 0 Å². The third-order valence-electron chi connectivity index (χ3n) is 3.30. The highest BCUT2D eigenvalue weighted by molar-refractivity contribution is 6.30. The van der Waals surface area contributed by atoms with Crippen molar-refractivity contribution in [2.45, 2.75) is 0 Å². The molecule has 0 bridgehead atoms. The monoisotopic (exact) mass is 360 g/mol. The molecule has 3 rings (SSSR count). The lowest BCUT2D eigenvalue weighted by Gasteiger charge is -2.04. The van der Waals surface area contributed by atoms with Gasteiger partial charge in [0.25, 0.3) is 11.5 Å². The summed E-state index contributed by atoms with van der Waals surface area (Å²) in [6.07, 6.45) is 0. The molecule has 10 heteroatoms. The van der Waals surface area contributed by atoms with Crippen LogP contribution in [0.25, 0.3) is 11.3 Å². The summed E-state index contributed by atoms with van der Waals surface area (Å²) in [6, 6.07) is 12.3. The molecule has 3 aromatic rings. The number of hydrogen-bond donors (Lipinski definition) is 1. The molecule has 1 aromatic heterocycles. The van der Waals surface area contributed by atoms with E-state index in [1.54, 1.807) is 30.3 Å². The highest BCUT2D eigenvalue weighted by atomic mass is 35.5. The van der Waals surface area contributed by atoms with Gasteiger partial charge < -0.3 is 9.84 Å². The summed E-state index contributed by atoms with van der Waals surface area (Å²) in [4.78, 5) is 21.3. The van der Waals surface area contributed by atoms with Gasteiger partial charge in [-0.1, -0.05) is 47.1 Å². The van der Waals surface area contributed by atoms with Crippen molar-refractivity contribution in [1.29, 1.82) is 0 Å². The Morgan fingerprint density at radius 2 is 1.76 bits per heavy atom. The van der Waals surface area contributed by atoms with E-state index in [1.165, 1.54) is 12.1 Å². The maximum atomic E-state index is 11.5. The topological polar surface area (TPSA) is 124 Å². The fourth-order valence-electron chi connectivity index (χ4n) is 2.20. The van der Waals surface area contributed by atoms with Crippen LogP contribution in [0.5, 0.6) is 0 Å². The smallest absolute Gasteiger partial charge is 0.346 e. The summed E-state index contributed by atoms with van der Waals surface area (Å²) in [5.41, 5.74) is -0.299. The molecular weight excluding hydrogens is 352 g/mol. The number of rotatable bonds is 5. The number of halogens is 1. The average Bonchev–Trinajstić information content (AvgIpc) is 3.01. The Morgan fingerprint density at radius 1 is 1.04 bits per heavy atom. The molecule has 0 aliphatic carbocycles. The molecule has 0 radical (unpaired) electrons. The van der Waals surface area contributed by atoms with Crippen LogP contribution in [-0.2, 0) is 0 Å². The van der Waals surface area contributed by atoms with Gasteiger partial charge in [0.1, 0.15) is 5.69 Å². The molecule has 0 aliphatic rings. The SMILES string of the molecule is O=[N+]([O-])c1cc(Cl)ccc1Nc1noc(-c2ccccc2)c1[N+](=O)[O-]. The largest absolute Gasteiger partial charge is 0.360 e. The number of nitrogens with one attached hydrogen (secondary N) is 1. The maximum absolute atomic E-state index is 11.5. The Bertz CT molecular complexity index is 958. The zero-order chi connectivity index (χ0) is 18.0. The van der Waals surface area contributed by atoms with E-state index < -0.39 is 15.5 Å². The number of nitro groups is 2. The van der Waals surface area contributed by atoms with Gasteiger partial charge in [-0.2, -0.15) is 0 Å². The lowest BCUT2D eigenvalue weighted by atomic mass is 10.1. The van der Waals surface area contributed by atoms with Crippen LogP contribution < -0.4 is 5.32 Å². The fourth-order valence-corrected chi connectivity index (χ4v) is 2.37. The molecule has 126 valence electrons. The number of anilines is 2. The molecule has 0 atom stereocenters. The van der Waals surface area contributed by atoms with Crippen molar-refractivity contribution >= 4 is 34.5 Å². The minimum Gasteiger partial charge on any atom is -0.346 e. The summed E-state index contributed by atoms with van der Waals surface area (Å²) < 4.78 is 5.09. The van der Waals surface area contributed by atoms with Gasteiger partial charge in [-0.25, -0.2) is 0 Å². The van der Waals surface area contributed by atoms with Crippen LogP contribution in [-0.4, -0.2) is 15.0 Å². The number of nitro benzene ring substituents is 1. The van der Waals surface area contributed by atoms with Crippen molar-refractivity contribution in [2.24, 2.45) is 0 Å². The Hall–Kier alpha value is -3.46. The molecule has 1 heterocycles. The number of nitrogens with zero attached hydrogens (tertiary/aromatic N) is 3. The van der Waals surface area contributed by atoms with E-state index in [0.29, 0.717) is 5.56 Å². The predicted molar refractivity (Wildman–Crippen MR) is 90.0 cm³/mol. The zero-order valence-corrected chi connectivity index (χ0v) is 13.1. The molecule has 0 spiro atoms. The molecular formula is C15H9ClN4O5. The Balaban J connectivity index is 2.07. The van der Waals surface area contributed by atoms with Gasteiger partial charge in [0.05, 0.1) is 9.85 Å². The molecule has 0 fully saturated rings. The van der Waals surface area contributed by atoms with Crippen molar-refractivity contribution in [1.82, 2.24) is 5.16 Å². The minimum absolute atomic E-state index is 0.00501. The van der Waals surface area contributed by atoms with Gasteiger partial charge >= 0.3 is 5.69 Å². The van der Waals surface area contributed by atoms with Crippen LogP contribution in [0.15, 0.2) is 53.1 Å². The normalized spacial score (nSPS) is 10.4. The van der Waals surface area contributed by atoms with Crippen LogP contribution in [0.1, 0.15) is 0 Å². The van der Waals surface area contributed by atoms with Crippen LogP contribution >= 0.6 is 11.6 Å². The van der Waals surface area contributed by atoms with E-state index in [-0.39, 0.29) is 28.0 Å². The zero-order valence-electron chi connectivity index (χ0n) is 12.4. The van der Waals surface area contributed by atoms with Gasteiger partial charge in [0.15, 0.2) is 0 Å². The molecule has 0 saturated heterocycles. The molecule has 1 N–H and O–H groups in total. The Morgan fingerprint density at radius 3 is 2.40 bits per heavy atom. The first-order valence-corrected chi connectivity index (χ1v) is 7.25. The predicted octanol–water partition coefficient (Wildman–Crippen LogP) is 4.56. The highest BCUT2D eigenvalue weighted by Gasteiger charge is 2.29. The number of aromatic nitrogens is 1. The second-order valence-electron chi connectivity index (χ2n) is 4.88. The molecule has 2 aromatic carbocycles. The van der Waals surface area contributed by atoms with Crippen LogP contribution in [0, 0.1) is 20.2 Å². The quantitative estimate of drug-likeness (QED) is 0.522. The maximum Gasteiger partial charge on any atom is 0.360 e. The van der Waals surface area contributed by atoms with E-state index in [0.717, 1.165) is 6.07 Å². The fraction of sp³-hybridized carbons (Fsp3) is 0. The van der Waals surface area contributed by atoms with Crippen molar-refractivity contribution in [3.05, 3.63) is 73.8 Å². The molecule has 0 saturated carbocycles. The summed E-state index contributed by atoms with van der Waals surface area (Å²) in [7, 11) is 0. The molecule has 25 heavy (non-hydrogen) atoms. The number of benzene rings is 2. The summed E-state index contributed by atoms with van der Waals surface area (Å²) in [5, 5.41) is 29.0. The van der Waals surface area contributed by atoms with E-state index >= 15 is 0 Å². The summed E-state index contributed by atoms with van der Waals surface area (Å²) >= 11 is 5.76. The molecule has 9 nitrogen and oxygen atoms in total. The third kappa shape index (κ3) is 3.26. The average molecular weight is 361 g/mol. The first-order chi connectivity index (χ1) is 12.0. The molecule has 0 amide bonds. The van der Waals surface area contributed by atoms with E-state index in [4.69, 9.17) is 16.1 Å². The Kier molecular flexibility index (Phi) is 4.31. The summed E-state index contributed by atoms with van der Waals surface area (Å²) in [6.45, 7) is 0. The molecule has 0 aliphatic heterocycles. The van der Waals surface area contributed by atoms with Gasteiger partial charge in [-0.05, 0) is 12.1 Å². The highest BCUT2D eigenvalue weighted by Crippen LogP contribution is 2.39. The van der Waals surface area contributed by atoms with Crippen molar-refractivity contribution in [3.8, 4) is 11.3 Å². The molecule has 0 unspecified atom stereocenters. The van der Waals surface area contributed by atoms with Gasteiger partial charge in [0, 0.05) is 16.7 Å². The minimum atomic E-state index is -0.664. The van der Waals surface area contributed by atoms with Gasteiger partial charge in [0.2, 0.25) is 5.76 Å². The van der Waals surface area contributed by atoms with Gasteiger partial charge in [-0.15, -0.1) is 0 Å². The van der Waals surface area contributed by atoms with Crippen LogP contribution in [0.2, 0.25) is 5.02 Å². The second-order valence-corrected chi connectivity index (χ2v) is 5.31. The van der Waals surface area contributed by atoms with Crippen molar-refractivity contribution in [3.63, 3.8) is 0 Å². The van der Waals surface area contributed by atoms with Crippen LogP contribution in [0.4, 0.5) is 22.9 Å². The lowest BCUT2D eigenvalue weighted by Crippen LogP contribution is -2.00. The first kappa shape index (κ1) is 16.4. The van der Waals surface area contributed by atoms with Crippen LogP contribution in [0.3, 0.4) is 0 Å². The lowest BCUT2D eigenvalue weighted by molar-refractivity contribution is -0.384. The van der Waals surface area contributed by atoms with Gasteiger partial charge in [-0.3, -0.25) is 20.2 Å². The van der Waals surface area contributed by atoms with Crippen molar-refractivity contribution < 1.29 is 14.4 Å². The van der Waals surface area contributed by atoms with E-state index in [2.05, 4.69) is 10.5 Å². The van der Waals surface area contributed by atoms with Crippen molar-refractivity contribution in [2.75, 3.05) is 5.32 Å².